The van der Waals surface area contributed by atoms with Crippen molar-refractivity contribution in [1.82, 2.24) is 14.5 Å². The van der Waals surface area contributed by atoms with Crippen molar-refractivity contribution in [2.45, 2.75) is 43.5 Å². The number of carbonyl (C=O) groups excluding carboxylic acids is 1. The molecule has 1 N–H and O–H groups in total. The van der Waals surface area contributed by atoms with Crippen LogP contribution in [-0.4, -0.2) is 70.1 Å². The maximum absolute atomic E-state index is 13.3. The number of ether oxygens (including phenoxy) is 2. The summed E-state index contributed by atoms with van der Waals surface area (Å²) in [6.07, 6.45) is 0.784. The number of methoxy groups -OCH3 is 2. The largest absolute Gasteiger partial charge is 0.497 e. The lowest BCUT2D eigenvalue weighted by molar-refractivity contribution is 0.168. The van der Waals surface area contributed by atoms with Crippen molar-refractivity contribution in [2.24, 2.45) is 0 Å². The molecule has 3 rings (SSSR count). The summed E-state index contributed by atoms with van der Waals surface area (Å²) in [4.78, 5) is 14.6. The summed E-state index contributed by atoms with van der Waals surface area (Å²) >= 11 is 0. The molecule has 1 atom stereocenters. The van der Waals surface area contributed by atoms with E-state index in [0.717, 1.165) is 6.42 Å². The van der Waals surface area contributed by atoms with Gasteiger partial charge in [0, 0.05) is 38.3 Å². The van der Waals surface area contributed by atoms with Crippen LogP contribution in [0.1, 0.15) is 32.8 Å². The summed E-state index contributed by atoms with van der Waals surface area (Å²) in [5.41, 5.74) is 1.14. The maximum atomic E-state index is 13.3. The average molecular weight is 490 g/mol. The van der Waals surface area contributed by atoms with Gasteiger partial charge in [-0.15, -0.1) is 0 Å². The number of carbonyl (C=O) groups is 1. The fraction of sp³-hybridized carbons (Fsp3) is 0.480. The third-order valence-corrected chi connectivity index (χ3v) is 8.18. The van der Waals surface area contributed by atoms with Crippen LogP contribution < -0.4 is 14.8 Å². The van der Waals surface area contributed by atoms with E-state index in [1.165, 1.54) is 30.2 Å². The molecule has 2 aromatic rings. The van der Waals surface area contributed by atoms with Gasteiger partial charge in [0.25, 0.3) is 0 Å². The molecule has 0 aromatic heterocycles. The monoisotopic (exact) mass is 489 g/mol. The zero-order valence-corrected chi connectivity index (χ0v) is 21.4. The zero-order valence-electron chi connectivity index (χ0n) is 20.6. The average Bonchev–Trinajstić information content (AvgIpc) is 2.83. The number of hydrogen-bond donors (Lipinski definition) is 1. The fourth-order valence-corrected chi connectivity index (χ4v) is 5.97. The van der Waals surface area contributed by atoms with Crippen molar-refractivity contribution in [3.05, 3.63) is 54.1 Å². The lowest BCUT2D eigenvalue weighted by Gasteiger charge is -2.35. The van der Waals surface area contributed by atoms with Crippen molar-refractivity contribution in [3.63, 3.8) is 0 Å². The van der Waals surface area contributed by atoms with Gasteiger partial charge in [0.2, 0.25) is 10.0 Å². The van der Waals surface area contributed by atoms with Crippen LogP contribution in [-0.2, 0) is 15.4 Å². The molecule has 8 nitrogen and oxygen atoms in total. The normalized spacial score (nSPS) is 16.1. The Kier molecular flexibility index (Phi) is 8.09. The molecule has 1 saturated heterocycles. The van der Waals surface area contributed by atoms with E-state index < -0.39 is 10.0 Å². The van der Waals surface area contributed by atoms with Crippen molar-refractivity contribution < 1.29 is 22.7 Å². The second-order valence-corrected chi connectivity index (χ2v) is 11.1. The molecular formula is C25H35N3O5S. The summed E-state index contributed by atoms with van der Waals surface area (Å²) in [5.74, 6) is 0.695. The number of piperazine rings is 1. The SMILES string of the molecule is COc1ccc(OC)c(S(=O)(=O)N2CCN(C(=O)NC(C)CC(C)(C)c3ccccc3)CC2)c1. The minimum atomic E-state index is -3.79. The van der Waals surface area contributed by atoms with E-state index >= 15 is 0 Å². The lowest BCUT2D eigenvalue weighted by atomic mass is 9.79. The number of amides is 2. The Hall–Kier alpha value is -2.78. The molecular weight excluding hydrogens is 454 g/mol. The molecule has 0 radical (unpaired) electrons. The second kappa shape index (κ2) is 10.7. The Morgan fingerprint density at radius 3 is 2.26 bits per heavy atom. The predicted octanol–water partition coefficient (Wildman–Crippen LogP) is 3.48. The third kappa shape index (κ3) is 5.82. The van der Waals surface area contributed by atoms with Crippen LogP contribution in [0.15, 0.2) is 53.4 Å². The molecule has 2 amide bonds. The molecule has 1 aliphatic heterocycles. The first-order valence-corrected chi connectivity index (χ1v) is 12.9. The van der Waals surface area contributed by atoms with E-state index in [1.54, 1.807) is 17.0 Å². The molecule has 0 spiro atoms. The molecule has 9 heteroatoms. The summed E-state index contributed by atoms with van der Waals surface area (Å²) < 4.78 is 38.3. The van der Waals surface area contributed by atoms with Gasteiger partial charge < -0.3 is 19.7 Å². The Bertz CT molecular complexity index is 1080. The standard InChI is InChI=1S/C25H35N3O5S/c1-19(18-25(2,3)20-9-7-6-8-10-20)26-24(29)27-13-15-28(16-14-27)34(30,31)23-17-21(32-4)11-12-22(23)33-5/h6-12,17,19H,13-16,18H2,1-5H3,(H,26,29). The topological polar surface area (TPSA) is 88.2 Å². The predicted molar refractivity (Wildman–Crippen MR) is 132 cm³/mol. The van der Waals surface area contributed by atoms with Gasteiger partial charge in [-0.05, 0) is 36.5 Å². The number of sulfonamides is 1. The highest BCUT2D eigenvalue weighted by molar-refractivity contribution is 7.89. The molecule has 1 heterocycles. The first-order valence-electron chi connectivity index (χ1n) is 11.4. The van der Waals surface area contributed by atoms with Gasteiger partial charge in [0.15, 0.2) is 0 Å². The molecule has 0 aliphatic carbocycles. The van der Waals surface area contributed by atoms with Gasteiger partial charge in [0.1, 0.15) is 16.4 Å². The van der Waals surface area contributed by atoms with E-state index in [9.17, 15) is 13.2 Å². The van der Waals surface area contributed by atoms with Crippen LogP contribution in [0.2, 0.25) is 0 Å². The number of nitrogens with zero attached hydrogens (tertiary/aromatic N) is 2. The van der Waals surface area contributed by atoms with Crippen molar-refractivity contribution in [3.8, 4) is 11.5 Å². The van der Waals surface area contributed by atoms with E-state index in [2.05, 4.69) is 31.3 Å². The molecule has 0 bridgehead atoms. The lowest BCUT2D eigenvalue weighted by Crippen LogP contribution is -2.54. The summed E-state index contributed by atoms with van der Waals surface area (Å²) in [7, 11) is -0.877. The van der Waals surface area contributed by atoms with Gasteiger partial charge in [-0.3, -0.25) is 0 Å². The summed E-state index contributed by atoms with van der Waals surface area (Å²) in [6, 6.07) is 14.7. The third-order valence-electron chi connectivity index (χ3n) is 6.26. The van der Waals surface area contributed by atoms with Gasteiger partial charge in [-0.2, -0.15) is 4.31 Å². The number of urea groups is 1. The van der Waals surface area contributed by atoms with Crippen LogP contribution in [0.25, 0.3) is 0 Å². The molecule has 34 heavy (non-hydrogen) atoms. The van der Waals surface area contributed by atoms with Gasteiger partial charge >= 0.3 is 6.03 Å². The second-order valence-electron chi connectivity index (χ2n) is 9.21. The molecule has 1 unspecified atom stereocenters. The molecule has 186 valence electrons. The highest BCUT2D eigenvalue weighted by Gasteiger charge is 2.33. The first-order chi connectivity index (χ1) is 16.1. The number of rotatable bonds is 8. The van der Waals surface area contributed by atoms with Crippen molar-refractivity contribution in [2.75, 3.05) is 40.4 Å². The van der Waals surface area contributed by atoms with E-state index in [1.807, 2.05) is 25.1 Å². The van der Waals surface area contributed by atoms with Gasteiger partial charge in [-0.25, -0.2) is 13.2 Å². The summed E-state index contributed by atoms with van der Waals surface area (Å²) in [6.45, 7) is 7.37. The quantitative estimate of drug-likeness (QED) is 0.613. The van der Waals surface area contributed by atoms with Crippen LogP contribution in [0.3, 0.4) is 0 Å². The fourth-order valence-electron chi connectivity index (χ4n) is 4.38. The minimum Gasteiger partial charge on any atom is -0.497 e. The molecule has 1 aliphatic rings. The molecule has 0 saturated carbocycles. The van der Waals surface area contributed by atoms with Crippen LogP contribution in [0, 0.1) is 0 Å². The van der Waals surface area contributed by atoms with Crippen molar-refractivity contribution >= 4 is 16.1 Å². The van der Waals surface area contributed by atoms with Gasteiger partial charge in [0.05, 0.1) is 14.2 Å². The highest BCUT2D eigenvalue weighted by Crippen LogP contribution is 2.31. The van der Waals surface area contributed by atoms with Crippen molar-refractivity contribution in [1.29, 1.82) is 0 Å². The van der Waals surface area contributed by atoms with E-state index in [4.69, 9.17) is 9.47 Å². The molecule has 1 fully saturated rings. The maximum Gasteiger partial charge on any atom is 0.317 e. The van der Waals surface area contributed by atoms with E-state index in [0.29, 0.717) is 18.8 Å². The number of nitrogens with one attached hydrogen (secondary N) is 1. The van der Waals surface area contributed by atoms with Crippen LogP contribution >= 0.6 is 0 Å². The van der Waals surface area contributed by atoms with Crippen LogP contribution in [0.4, 0.5) is 4.79 Å². The van der Waals surface area contributed by atoms with Gasteiger partial charge in [-0.1, -0.05) is 44.2 Å². The minimum absolute atomic E-state index is 0.0366. The van der Waals surface area contributed by atoms with E-state index in [-0.39, 0.29) is 41.2 Å². The summed E-state index contributed by atoms with van der Waals surface area (Å²) in [5, 5.41) is 3.08. The molecule has 2 aromatic carbocycles. The Morgan fingerprint density at radius 2 is 1.68 bits per heavy atom. The smallest absolute Gasteiger partial charge is 0.317 e. The Balaban J connectivity index is 1.59. The van der Waals surface area contributed by atoms with Crippen LogP contribution in [0.5, 0.6) is 11.5 Å². The first kappa shape index (κ1) is 25.8. The number of benzene rings is 2. The number of hydrogen-bond acceptors (Lipinski definition) is 5. The Morgan fingerprint density at radius 1 is 1.03 bits per heavy atom. The zero-order chi connectivity index (χ0) is 24.9. The highest BCUT2D eigenvalue weighted by atomic mass is 32.2. The Labute approximate surface area is 202 Å².